The lowest BCUT2D eigenvalue weighted by molar-refractivity contribution is 0.318. The van der Waals surface area contributed by atoms with E-state index in [1.807, 2.05) is 12.1 Å². The first-order valence-corrected chi connectivity index (χ1v) is 7.56. The smallest absolute Gasteiger partial charge is 0.173 e. The molecule has 0 radical (unpaired) electrons. The molecule has 0 spiro atoms. The Morgan fingerprint density at radius 1 is 1.45 bits per heavy atom. The van der Waals surface area contributed by atoms with Crippen molar-refractivity contribution in [1.82, 2.24) is 0 Å². The average molecular weight is 296 g/mol. The number of anilines is 1. The molecule has 0 bridgehead atoms. The number of oxime groups is 1. The van der Waals surface area contributed by atoms with Crippen molar-refractivity contribution in [1.29, 1.82) is 0 Å². The molecular weight excluding hydrogens is 274 g/mol. The minimum Gasteiger partial charge on any atom is -0.409 e. The van der Waals surface area contributed by atoms with Gasteiger partial charge in [0.1, 0.15) is 0 Å². The highest BCUT2D eigenvalue weighted by Gasteiger charge is 2.20. The molecule has 0 saturated carbocycles. The molecule has 3 N–H and O–H groups in total. The SMILES string of the molecule is CCC1CCCN(c2cccc(Cl)c2C(N)=NO)CC1. The topological polar surface area (TPSA) is 61.8 Å². The summed E-state index contributed by atoms with van der Waals surface area (Å²) < 4.78 is 0. The van der Waals surface area contributed by atoms with Crippen molar-refractivity contribution in [2.45, 2.75) is 32.6 Å². The number of nitrogens with zero attached hydrogens (tertiary/aromatic N) is 2. The maximum Gasteiger partial charge on any atom is 0.173 e. The zero-order valence-electron chi connectivity index (χ0n) is 11.8. The van der Waals surface area contributed by atoms with Gasteiger partial charge in [-0.25, -0.2) is 0 Å². The Bertz CT molecular complexity index is 490. The molecule has 1 aliphatic heterocycles. The van der Waals surface area contributed by atoms with Gasteiger partial charge in [0.05, 0.1) is 10.6 Å². The first-order chi connectivity index (χ1) is 9.67. The largest absolute Gasteiger partial charge is 0.409 e. The number of benzene rings is 1. The van der Waals surface area contributed by atoms with Gasteiger partial charge >= 0.3 is 0 Å². The normalized spacial score (nSPS) is 20.8. The van der Waals surface area contributed by atoms with Crippen LogP contribution in [0.4, 0.5) is 5.69 Å². The number of halogens is 1. The first kappa shape index (κ1) is 15.0. The van der Waals surface area contributed by atoms with E-state index in [2.05, 4.69) is 17.0 Å². The third-order valence-corrected chi connectivity index (χ3v) is 4.44. The molecule has 1 aromatic carbocycles. The van der Waals surface area contributed by atoms with Crippen LogP contribution >= 0.6 is 11.6 Å². The van der Waals surface area contributed by atoms with Gasteiger partial charge < -0.3 is 15.8 Å². The summed E-state index contributed by atoms with van der Waals surface area (Å²) in [5.74, 6) is 0.869. The Morgan fingerprint density at radius 3 is 2.95 bits per heavy atom. The minimum atomic E-state index is 0.0712. The van der Waals surface area contributed by atoms with Crippen LogP contribution in [-0.4, -0.2) is 24.1 Å². The minimum absolute atomic E-state index is 0.0712. The lowest BCUT2D eigenvalue weighted by Gasteiger charge is -2.25. The second-order valence-electron chi connectivity index (χ2n) is 5.31. The van der Waals surface area contributed by atoms with Crippen LogP contribution < -0.4 is 10.6 Å². The quantitative estimate of drug-likeness (QED) is 0.388. The van der Waals surface area contributed by atoms with Gasteiger partial charge in [-0.1, -0.05) is 36.2 Å². The Balaban J connectivity index is 2.30. The summed E-state index contributed by atoms with van der Waals surface area (Å²) >= 11 is 6.22. The van der Waals surface area contributed by atoms with Gasteiger partial charge in [-0.15, -0.1) is 0 Å². The molecule has 0 aliphatic carbocycles. The van der Waals surface area contributed by atoms with Crippen molar-refractivity contribution in [3.8, 4) is 0 Å². The van der Waals surface area contributed by atoms with E-state index in [1.54, 1.807) is 6.07 Å². The van der Waals surface area contributed by atoms with E-state index in [4.69, 9.17) is 22.5 Å². The highest BCUT2D eigenvalue weighted by atomic mass is 35.5. The van der Waals surface area contributed by atoms with Crippen LogP contribution in [0.25, 0.3) is 0 Å². The first-order valence-electron chi connectivity index (χ1n) is 7.18. The van der Waals surface area contributed by atoms with Crippen molar-refractivity contribution in [2.75, 3.05) is 18.0 Å². The molecular formula is C15H22ClN3O. The van der Waals surface area contributed by atoms with Crippen molar-refractivity contribution in [3.05, 3.63) is 28.8 Å². The molecule has 110 valence electrons. The molecule has 1 fully saturated rings. The van der Waals surface area contributed by atoms with E-state index in [9.17, 15) is 0 Å². The number of rotatable bonds is 3. The van der Waals surface area contributed by atoms with Crippen molar-refractivity contribution < 1.29 is 5.21 Å². The summed E-state index contributed by atoms with van der Waals surface area (Å²) in [6, 6.07) is 5.67. The molecule has 1 aromatic rings. The third-order valence-electron chi connectivity index (χ3n) is 4.12. The van der Waals surface area contributed by atoms with Gasteiger partial charge in [-0.2, -0.15) is 0 Å². The lowest BCUT2D eigenvalue weighted by atomic mass is 9.98. The molecule has 1 saturated heterocycles. The molecule has 1 aliphatic rings. The van der Waals surface area contributed by atoms with Crippen LogP contribution in [0.5, 0.6) is 0 Å². The number of nitrogens with two attached hydrogens (primary N) is 1. The summed E-state index contributed by atoms with van der Waals surface area (Å²) in [6.45, 7) is 4.23. The summed E-state index contributed by atoms with van der Waals surface area (Å²) in [6.07, 6.45) is 4.85. The lowest BCUT2D eigenvalue weighted by Crippen LogP contribution is -2.28. The van der Waals surface area contributed by atoms with Gasteiger partial charge in [0.2, 0.25) is 0 Å². The molecule has 1 heterocycles. The van der Waals surface area contributed by atoms with Gasteiger partial charge in [0.15, 0.2) is 5.84 Å². The molecule has 20 heavy (non-hydrogen) atoms. The van der Waals surface area contributed by atoms with Gasteiger partial charge in [0, 0.05) is 18.8 Å². The van der Waals surface area contributed by atoms with E-state index in [0.717, 1.165) is 24.7 Å². The van der Waals surface area contributed by atoms with E-state index in [0.29, 0.717) is 10.6 Å². The number of hydrogen-bond acceptors (Lipinski definition) is 3. The molecule has 1 unspecified atom stereocenters. The maximum absolute atomic E-state index is 8.96. The Kier molecular flexibility index (Phi) is 5.12. The fraction of sp³-hybridized carbons (Fsp3) is 0.533. The number of amidine groups is 1. The molecule has 0 amide bonds. The van der Waals surface area contributed by atoms with Gasteiger partial charge in [-0.3, -0.25) is 0 Å². The predicted octanol–water partition coefficient (Wildman–Crippen LogP) is 3.45. The Morgan fingerprint density at radius 2 is 2.25 bits per heavy atom. The third kappa shape index (κ3) is 3.18. The monoisotopic (exact) mass is 295 g/mol. The van der Waals surface area contributed by atoms with Gasteiger partial charge in [0.25, 0.3) is 0 Å². The number of hydrogen-bond donors (Lipinski definition) is 2. The second-order valence-corrected chi connectivity index (χ2v) is 5.72. The Hall–Kier alpha value is -1.42. The fourth-order valence-corrected chi connectivity index (χ4v) is 3.16. The highest BCUT2D eigenvalue weighted by molar-refractivity contribution is 6.34. The van der Waals surface area contributed by atoms with Crippen LogP contribution in [0.3, 0.4) is 0 Å². The zero-order chi connectivity index (χ0) is 14.5. The molecule has 1 atom stereocenters. The van der Waals surface area contributed by atoms with E-state index >= 15 is 0 Å². The van der Waals surface area contributed by atoms with Crippen LogP contribution in [0.2, 0.25) is 5.02 Å². The summed E-state index contributed by atoms with van der Waals surface area (Å²) in [5, 5.41) is 12.6. The standard InChI is InChI=1S/C15H22ClN3O/c1-2-11-5-4-9-19(10-8-11)13-7-3-6-12(16)14(13)15(17)18-20/h3,6-7,11,20H,2,4-5,8-10H2,1H3,(H2,17,18). The Labute approximate surface area is 125 Å². The summed E-state index contributed by atoms with van der Waals surface area (Å²) in [4.78, 5) is 2.30. The van der Waals surface area contributed by atoms with Crippen LogP contribution in [0.1, 0.15) is 38.2 Å². The molecule has 4 nitrogen and oxygen atoms in total. The zero-order valence-corrected chi connectivity index (χ0v) is 12.6. The van der Waals surface area contributed by atoms with Crippen molar-refractivity contribution in [2.24, 2.45) is 16.8 Å². The second kappa shape index (κ2) is 6.84. The van der Waals surface area contributed by atoms with E-state index in [1.165, 1.54) is 25.7 Å². The van der Waals surface area contributed by atoms with Crippen LogP contribution in [-0.2, 0) is 0 Å². The van der Waals surface area contributed by atoms with E-state index < -0.39 is 0 Å². The summed E-state index contributed by atoms with van der Waals surface area (Å²) in [5.41, 5.74) is 7.38. The van der Waals surface area contributed by atoms with Crippen molar-refractivity contribution >= 4 is 23.1 Å². The maximum atomic E-state index is 8.96. The molecule has 2 rings (SSSR count). The fourth-order valence-electron chi connectivity index (χ4n) is 2.89. The van der Waals surface area contributed by atoms with Crippen LogP contribution in [0, 0.1) is 5.92 Å². The predicted molar refractivity (Wildman–Crippen MR) is 83.8 cm³/mol. The van der Waals surface area contributed by atoms with Crippen molar-refractivity contribution in [3.63, 3.8) is 0 Å². The molecule has 5 heteroatoms. The highest BCUT2D eigenvalue weighted by Crippen LogP contribution is 2.30. The van der Waals surface area contributed by atoms with Gasteiger partial charge in [-0.05, 0) is 37.3 Å². The summed E-state index contributed by atoms with van der Waals surface area (Å²) in [7, 11) is 0. The molecule has 0 aromatic heterocycles. The van der Waals surface area contributed by atoms with Crippen LogP contribution in [0.15, 0.2) is 23.4 Å². The van der Waals surface area contributed by atoms with E-state index in [-0.39, 0.29) is 5.84 Å². The average Bonchev–Trinajstić information content (AvgIpc) is 2.71.